The maximum Gasteiger partial charge on any atom is 0.131 e. The first-order chi connectivity index (χ1) is 7.69. The Bertz CT molecular complexity index is 495. The molecule has 2 N–H and O–H groups in total. The molecule has 0 atom stereocenters. The molecule has 84 valence electrons. The van der Waals surface area contributed by atoms with Crippen LogP contribution in [0.15, 0.2) is 24.4 Å². The number of hydrogen-bond donors (Lipinski definition) is 1. The molecule has 0 spiro atoms. The van der Waals surface area contributed by atoms with Crippen LogP contribution in [-0.2, 0) is 13.1 Å². The minimum absolute atomic E-state index is 0.207. The monoisotopic (exact) mass is 224 g/mol. The van der Waals surface area contributed by atoms with Crippen LogP contribution in [0.5, 0.6) is 0 Å². The van der Waals surface area contributed by atoms with Crippen LogP contribution in [0.1, 0.15) is 11.3 Å². The van der Waals surface area contributed by atoms with E-state index in [9.17, 15) is 8.78 Å². The van der Waals surface area contributed by atoms with E-state index in [0.29, 0.717) is 11.3 Å². The van der Waals surface area contributed by atoms with Gasteiger partial charge in [0.15, 0.2) is 0 Å². The lowest BCUT2D eigenvalue weighted by molar-refractivity contribution is 0.554. The summed E-state index contributed by atoms with van der Waals surface area (Å²) >= 11 is 0. The Labute approximate surface area is 90.7 Å². The van der Waals surface area contributed by atoms with Crippen LogP contribution in [0.3, 0.4) is 0 Å². The van der Waals surface area contributed by atoms with E-state index in [0.717, 1.165) is 6.07 Å². The van der Waals surface area contributed by atoms with Crippen molar-refractivity contribution in [1.82, 2.24) is 15.0 Å². The molecule has 1 aromatic heterocycles. The minimum atomic E-state index is -0.595. The van der Waals surface area contributed by atoms with Gasteiger partial charge in [-0.2, -0.15) is 0 Å². The molecule has 0 aliphatic carbocycles. The first kappa shape index (κ1) is 10.7. The zero-order valence-corrected chi connectivity index (χ0v) is 8.40. The Kier molecular flexibility index (Phi) is 2.91. The van der Waals surface area contributed by atoms with E-state index in [-0.39, 0.29) is 13.1 Å². The van der Waals surface area contributed by atoms with E-state index in [1.165, 1.54) is 16.8 Å². The van der Waals surface area contributed by atoms with Crippen molar-refractivity contribution >= 4 is 0 Å². The van der Waals surface area contributed by atoms with Crippen LogP contribution in [-0.4, -0.2) is 15.0 Å². The predicted molar refractivity (Wildman–Crippen MR) is 53.4 cm³/mol. The summed E-state index contributed by atoms with van der Waals surface area (Å²) in [6.07, 6.45) is 1.63. The summed E-state index contributed by atoms with van der Waals surface area (Å²) in [5, 5.41) is 7.54. The van der Waals surface area contributed by atoms with Crippen molar-refractivity contribution in [2.45, 2.75) is 13.1 Å². The predicted octanol–water partition coefficient (Wildman–Crippen LogP) is 1.06. The number of halogens is 2. The molecule has 2 rings (SSSR count). The maximum atomic E-state index is 13.3. The Morgan fingerprint density at radius 2 is 2.12 bits per heavy atom. The van der Waals surface area contributed by atoms with E-state index in [1.807, 2.05) is 0 Å². The fraction of sp³-hybridized carbons (Fsp3) is 0.200. The molecule has 1 aromatic carbocycles. The smallest absolute Gasteiger partial charge is 0.131 e. The molecule has 0 radical (unpaired) electrons. The zero-order chi connectivity index (χ0) is 11.5. The molecule has 2 aromatic rings. The van der Waals surface area contributed by atoms with Gasteiger partial charge in [-0.3, -0.25) is 0 Å². The molecule has 0 saturated heterocycles. The highest BCUT2D eigenvalue weighted by atomic mass is 19.1. The molecule has 0 saturated carbocycles. The number of nitrogens with two attached hydrogens (primary N) is 1. The molecule has 0 aliphatic rings. The number of benzene rings is 1. The van der Waals surface area contributed by atoms with Gasteiger partial charge in [0.1, 0.15) is 11.6 Å². The molecule has 1 heterocycles. The Hall–Kier alpha value is -1.82. The van der Waals surface area contributed by atoms with Gasteiger partial charge < -0.3 is 5.73 Å². The van der Waals surface area contributed by atoms with Gasteiger partial charge in [0.25, 0.3) is 0 Å². The molecular formula is C10H10F2N4. The van der Waals surface area contributed by atoms with Crippen LogP contribution < -0.4 is 5.73 Å². The van der Waals surface area contributed by atoms with E-state index >= 15 is 0 Å². The summed E-state index contributed by atoms with van der Waals surface area (Å²) in [5.74, 6) is -1.19. The molecule has 0 fully saturated rings. The Morgan fingerprint density at radius 1 is 1.31 bits per heavy atom. The second kappa shape index (κ2) is 4.36. The lowest BCUT2D eigenvalue weighted by atomic mass is 10.2. The highest BCUT2D eigenvalue weighted by molar-refractivity contribution is 5.18. The zero-order valence-electron chi connectivity index (χ0n) is 8.40. The summed E-state index contributed by atoms with van der Waals surface area (Å²) in [6, 6.07) is 3.43. The van der Waals surface area contributed by atoms with Crippen LogP contribution in [0.4, 0.5) is 8.78 Å². The second-order valence-corrected chi connectivity index (χ2v) is 3.35. The Balaban J connectivity index is 2.20. The quantitative estimate of drug-likeness (QED) is 0.848. The standard InChI is InChI=1S/C10H10F2N4/c11-8-2-1-7(10(12)3-8)5-16-6-9(4-13)14-15-16/h1-3,6H,4-5,13H2. The van der Waals surface area contributed by atoms with Crippen molar-refractivity contribution in [3.05, 3.63) is 47.3 Å². The lowest BCUT2D eigenvalue weighted by Gasteiger charge is -2.02. The summed E-state index contributed by atoms with van der Waals surface area (Å²) in [7, 11) is 0. The third-order valence-electron chi connectivity index (χ3n) is 2.14. The third kappa shape index (κ3) is 2.22. The third-order valence-corrected chi connectivity index (χ3v) is 2.14. The summed E-state index contributed by atoms with van der Waals surface area (Å²) in [6.45, 7) is 0.491. The van der Waals surface area contributed by atoms with Crippen molar-refractivity contribution in [2.75, 3.05) is 0 Å². The van der Waals surface area contributed by atoms with E-state index < -0.39 is 11.6 Å². The molecule has 4 nitrogen and oxygen atoms in total. The van der Waals surface area contributed by atoms with Gasteiger partial charge in [0, 0.05) is 18.2 Å². The lowest BCUT2D eigenvalue weighted by Crippen LogP contribution is -2.03. The summed E-state index contributed by atoms with van der Waals surface area (Å²) < 4.78 is 27.4. The van der Waals surface area contributed by atoms with Crippen molar-refractivity contribution < 1.29 is 8.78 Å². The average molecular weight is 224 g/mol. The van der Waals surface area contributed by atoms with Crippen molar-refractivity contribution in [3.8, 4) is 0 Å². The van der Waals surface area contributed by atoms with Gasteiger partial charge in [0.2, 0.25) is 0 Å². The fourth-order valence-corrected chi connectivity index (χ4v) is 1.33. The highest BCUT2D eigenvalue weighted by Crippen LogP contribution is 2.10. The van der Waals surface area contributed by atoms with Crippen LogP contribution in [0.2, 0.25) is 0 Å². The molecule has 0 aliphatic heterocycles. The highest BCUT2D eigenvalue weighted by Gasteiger charge is 2.06. The minimum Gasteiger partial charge on any atom is -0.325 e. The van der Waals surface area contributed by atoms with Crippen molar-refractivity contribution in [1.29, 1.82) is 0 Å². The SMILES string of the molecule is NCc1cn(Cc2ccc(F)cc2F)nn1. The van der Waals surface area contributed by atoms with Gasteiger partial charge in [0.05, 0.1) is 18.4 Å². The van der Waals surface area contributed by atoms with Crippen molar-refractivity contribution in [2.24, 2.45) is 5.73 Å². The number of aromatic nitrogens is 3. The van der Waals surface area contributed by atoms with E-state index in [1.54, 1.807) is 6.20 Å². The Morgan fingerprint density at radius 3 is 2.75 bits per heavy atom. The van der Waals surface area contributed by atoms with E-state index in [4.69, 9.17) is 5.73 Å². The molecule has 16 heavy (non-hydrogen) atoms. The number of nitrogens with zero attached hydrogens (tertiary/aromatic N) is 3. The molecule has 0 bridgehead atoms. The maximum absolute atomic E-state index is 13.3. The first-order valence-corrected chi connectivity index (χ1v) is 4.72. The second-order valence-electron chi connectivity index (χ2n) is 3.35. The summed E-state index contributed by atoms with van der Waals surface area (Å²) in [4.78, 5) is 0. The number of hydrogen-bond acceptors (Lipinski definition) is 3. The van der Waals surface area contributed by atoms with Crippen molar-refractivity contribution in [3.63, 3.8) is 0 Å². The van der Waals surface area contributed by atoms with Gasteiger partial charge >= 0.3 is 0 Å². The van der Waals surface area contributed by atoms with Gasteiger partial charge in [-0.1, -0.05) is 11.3 Å². The van der Waals surface area contributed by atoms with Crippen LogP contribution in [0, 0.1) is 11.6 Å². The fourth-order valence-electron chi connectivity index (χ4n) is 1.33. The van der Waals surface area contributed by atoms with Crippen LogP contribution >= 0.6 is 0 Å². The average Bonchev–Trinajstić information content (AvgIpc) is 2.70. The van der Waals surface area contributed by atoms with Crippen LogP contribution in [0.25, 0.3) is 0 Å². The van der Waals surface area contributed by atoms with E-state index in [2.05, 4.69) is 10.3 Å². The summed E-state index contributed by atoms with van der Waals surface area (Å²) in [5.41, 5.74) is 6.35. The molecular weight excluding hydrogens is 214 g/mol. The van der Waals surface area contributed by atoms with Gasteiger partial charge in [-0.25, -0.2) is 13.5 Å². The first-order valence-electron chi connectivity index (χ1n) is 4.72. The topological polar surface area (TPSA) is 56.7 Å². The van der Waals surface area contributed by atoms with Gasteiger partial charge in [-0.05, 0) is 6.07 Å². The van der Waals surface area contributed by atoms with Gasteiger partial charge in [-0.15, -0.1) is 5.10 Å². The normalized spacial score (nSPS) is 10.7. The number of rotatable bonds is 3. The molecule has 0 unspecified atom stereocenters. The molecule has 0 amide bonds. The molecule has 6 heteroatoms. The largest absolute Gasteiger partial charge is 0.325 e.